The van der Waals surface area contributed by atoms with Gasteiger partial charge in [0.15, 0.2) is 0 Å². The summed E-state index contributed by atoms with van der Waals surface area (Å²) in [5, 5.41) is 14.7. The maximum atomic E-state index is 13.4. The van der Waals surface area contributed by atoms with E-state index in [9.17, 15) is 14.4 Å². The second-order valence-electron chi connectivity index (χ2n) is 11.5. The lowest BCUT2D eigenvalue weighted by atomic mass is 10.2. The Morgan fingerprint density at radius 2 is 1.31 bits per heavy atom. The van der Waals surface area contributed by atoms with Crippen LogP contribution in [0.5, 0.6) is 0 Å². The van der Waals surface area contributed by atoms with Crippen molar-refractivity contribution in [2.75, 3.05) is 16.4 Å². The Morgan fingerprint density at radius 1 is 0.755 bits per heavy atom. The molecule has 3 amide bonds. The van der Waals surface area contributed by atoms with Crippen molar-refractivity contribution in [1.29, 1.82) is 0 Å². The first kappa shape index (κ1) is 34.3. The van der Waals surface area contributed by atoms with Crippen LogP contribution in [-0.4, -0.2) is 56.4 Å². The molecule has 0 aliphatic rings. The molecular weight excluding hydrogens is 624 g/mol. The van der Waals surface area contributed by atoms with Gasteiger partial charge in [0.2, 0.25) is 17.8 Å². The van der Waals surface area contributed by atoms with Crippen LogP contribution in [0.25, 0.3) is 22.1 Å². The van der Waals surface area contributed by atoms with Gasteiger partial charge in [-0.1, -0.05) is 13.5 Å². The molecule has 0 unspecified atom stereocenters. The molecule has 49 heavy (non-hydrogen) atoms. The summed E-state index contributed by atoms with van der Waals surface area (Å²) in [6.07, 6.45) is 1.36. The molecule has 0 atom stereocenters. The second-order valence-corrected chi connectivity index (χ2v) is 11.5. The van der Waals surface area contributed by atoms with E-state index in [4.69, 9.17) is 16.5 Å². The van der Waals surface area contributed by atoms with E-state index in [1.165, 1.54) is 0 Å². The van der Waals surface area contributed by atoms with Crippen LogP contribution in [0.3, 0.4) is 0 Å². The molecule has 0 aliphatic carbocycles. The van der Waals surface area contributed by atoms with Crippen molar-refractivity contribution in [1.82, 2.24) is 38.7 Å². The zero-order valence-corrected chi connectivity index (χ0v) is 27.3. The van der Waals surface area contributed by atoms with Gasteiger partial charge in [-0.2, -0.15) is 10.2 Å². The summed E-state index contributed by atoms with van der Waals surface area (Å²) >= 11 is 0. The minimum absolute atomic E-state index is 0. The quantitative estimate of drug-likeness (QED) is 0.106. The van der Waals surface area contributed by atoms with Gasteiger partial charge in [-0.05, 0) is 83.0 Å². The largest absolute Gasteiger partial charge is 0.397 e. The normalized spacial score (nSPS) is 11.2. The lowest BCUT2D eigenvalue weighted by Crippen LogP contribution is -2.20. The lowest BCUT2D eigenvalue weighted by Gasteiger charge is -2.13. The van der Waals surface area contributed by atoms with Crippen LogP contribution >= 0.6 is 0 Å². The summed E-state index contributed by atoms with van der Waals surface area (Å²) in [7, 11) is 0. The van der Waals surface area contributed by atoms with E-state index >= 15 is 0 Å². The summed E-state index contributed by atoms with van der Waals surface area (Å²) in [6, 6.07) is 14.1. The molecule has 6 N–H and O–H groups in total. The number of fused-ring (bicyclic) bond motifs is 2. The first-order valence-corrected chi connectivity index (χ1v) is 15.8. The minimum Gasteiger partial charge on any atom is -0.397 e. The summed E-state index contributed by atoms with van der Waals surface area (Å²) < 4.78 is 7.16. The number of carbonyl (C=O) groups is 3. The Morgan fingerprint density at radius 3 is 1.86 bits per heavy atom. The van der Waals surface area contributed by atoms with E-state index in [0.29, 0.717) is 84.6 Å². The molecule has 15 nitrogen and oxygen atoms in total. The van der Waals surface area contributed by atoms with Crippen molar-refractivity contribution >= 4 is 57.4 Å². The fourth-order valence-electron chi connectivity index (χ4n) is 5.90. The average Bonchev–Trinajstić information content (AvgIpc) is 3.82. The summed E-state index contributed by atoms with van der Waals surface area (Å²) in [5.41, 5.74) is 17.6. The number of imidazole rings is 2. The third-order valence-corrected chi connectivity index (χ3v) is 8.18. The van der Waals surface area contributed by atoms with Gasteiger partial charge >= 0.3 is 0 Å². The van der Waals surface area contributed by atoms with Crippen LogP contribution in [-0.2, 0) is 26.2 Å². The van der Waals surface area contributed by atoms with E-state index in [1.807, 2.05) is 49.0 Å². The molecular formula is C34H42N12O3. The smallest absolute Gasteiger partial charge is 0.276 e. The zero-order valence-electron chi connectivity index (χ0n) is 27.3. The van der Waals surface area contributed by atoms with E-state index in [-0.39, 0.29) is 19.2 Å². The number of primary amides is 1. The van der Waals surface area contributed by atoms with Crippen molar-refractivity contribution < 1.29 is 14.4 Å². The molecule has 6 rings (SSSR count). The number of rotatable bonds is 12. The van der Waals surface area contributed by atoms with Crippen molar-refractivity contribution in [3.05, 3.63) is 76.9 Å². The number of nitrogens with zero attached hydrogens (tertiary/aromatic N) is 8. The molecule has 0 radical (unpaired) electrons. The highest BCUT2D eigenvalue weighted by molar-refractivity contribution is 6.04. The fraction of sp³-hybridized carbons (Fsp3) is 0.324. The molecule has 0 spiro atoms. The number of hydrogen-bond donors (Lipinski definition) is 4. The number of nitrogen functional groups attached to an aromatic ring is 1. The zero-order chi connectivity index (χ0) is 34.1. The number of unbranched alkanes of at least 4 members (excludes halogenated alkanes) is 1. The highest BCUT2D eigenvalue weighted by Gasteiger charge is 2.21. The van der Waals surface area contributed by atoms with Gasteiger partial charge in [-0.3, -0.25) is 34.4 Å². The Balaban J connectivity index is 0.00000468. The minimum atomic E-state index is -0.565. The predicted octanol–water partition coefficient (Wildman–Crippen LogP) is 4.74. The highest BCUT2D eigenvalue weighted by Crippen LogP contribution is 2.27. The van der Waals surface area contributed by atoms with E-state index in [0.717, 1.165) is 22.4 Å². The fourth-order valence-corrected chi connectivity index (χ4v) is 5.90. The number of carbonyl (C=O) groups excluding carboxylic acids is 3. The van der Waals surface area contributed by atoms with Gasteiger partial charge in [0.05, 0.1) is 33.6 Å². The first-order chi connectivity index (χ1) is 23.1. The third kappa shape index (κ3) is 6.72. The van der Waals surface area contributed by atoms with Crippen molar-refractivity contribution in [3.63, 3.8) is 0 Å². The molecule has 6 aromatic rings. The molecule has 4 aromatic heterocycles. The number of anilines is 3. The van der Waals surface area contributed by atoms with Crippen LogP contribution in [0.1, 0.15) is 76.8 Å². The van der Waals surface area contributed by atoms with Gasteiger partial charge in [0.1, 0.15) is 16.9 Å². The molecule has 2 aromatic carbocycles. The van der Waals surface area contributed by atoms with Crippen LogP contribution < -0.4 is 22.1 Å². The van der Waals surface area contributed by atoms with Crippen molar-refractivity contribution in [2.24, 2.45) is 5.73 Å². The van der Waals surface area contributed by atoms with Crippen molar-refractivity contribution in [3.8, 4) is 0 Å². The Bertz CT molecular complexity index is 2180. The Kier molecular flexibility index (Phi) is 9.82. The summed E-state index contributed by atoms with van der Waals surface area (Å²) in [5.74, 6) is -0.490. The number of aromatic nitrogens is 8. The molecule has 0 saturated heterocycles. The van der Waals surface area contributed by atoms with Gasteiger partial charge < -0.3 is 20.6 Å². The molecule has 256 valence electrons. The summed E-state index contributed by atoms with van der Waals surface area (Å²) in [6.45, 7) is 9.63. The number of nitrogens with two attached hydrogens (primary N) is 2. The van der Waals surface area contributed by atoms with Gasteiger partial charge in [0, 0.05) is 31.7 Å². The molecule has 4 heterocycles. The van der Waals surface area contributed by atoms with Crippen LogP contribution in [0.4, 0.5) is 17.6 Å². The Labute approximate surface area is 283 Å². The number of benzene rings is 2. The molecule has 0 bridgehead atoms. The monoisotopic (exact) mass is 666 g/mol. The number of hydrogen-bond acceptors (Lipinski definition) is 8. The third-order valence-electron chi connectivity index (χ3n) is 8.18. The first-order valence-electron chi connectivity index (χ1n) is 15.8. The summed E-state index contributed by atoms with van der Waals surface area (Å²) in [4.78, 5) is 47.9. The van der Waals surface area contributed by atoms with Crippen LogP contribution in [0.15, 0.2) is 48.5 Å². The lowest BCUT2D eigenvalue weighted by molar-refractivity contribution is 0.0995. The van der Waals surface area contributed by atoms with E-state index in [2.05, 4.69) is 25.8 Å². The predicted molar refractivity (Wildman–Crippen MR) is 190 cm³/mol. The standard InChI is InChI=1S/C33H38N12O3.CH4/c1-5-44-26(16-19(3)40-44)30(47)38-32-36-23-18-21(29(35)46)12-13-24(23)42(32)14-7-8-15-43-25-11-9-10-22(34)28(25)37-33(43)39-31(48)27-17-20(4)41-45(27)6-2;/h9-13,16-18H,5-8,14-15,34H2,1-4H3,(H2,35,46)(H,36,38,47)(H,37,39,48);1H4. The number of amides is 3. The molecule has 15 heteroatoms. The highest BCUT2D eigenvalue weighted by atomic mass is 16.2. The van der Waals surface area contributed by atoms with E-state index < -0.39 is 5.91 Å². The SMILES string of the molecule is C.CCn1nc(C)cc1C(=O)Nc1nc2cc(C(N)=O)ccc2n1CCCCn1c(NC(=O)c2cc(C)nn2CC)nc2c(N)cccc21. The number of nitrogens with one attached hydrogen (secondary N) is 2. The number of aryl methyl sites for hydroxylation is 6. The van der Waals surface area contributed by atoms with Crippen molar-refractivity contribution in [2.45, 2.75) is 74.1 Å². The average molecular weight is 667 g/mol. The van der Waals surface area contributed by atoms with Crippen LogP contribution in [0.2, 0.25) is 0 Å². The maximum absolute atomic E-state index is 13.4. The van der Waals surface area contributed by atoms with Gasteiger partial charge in [0.25, 0.3) is 11.8 Å². The molecule has 0 saturated carbocycles. The topological polar surface area (TPSA) is 199 Å². The Hall–Kier alpha value is -5.99. The second kappa shape index (κ2) is 14.0. The van der Waals surface area contributed by atoms with Crippen LogP contribution in [0, 0.1) is 13.8 Å². The van der Waals surface area contributed by atoms with Gasteiger partial charge in [-0.15, -0.1) is 0 Å². The molecule has 0 aliphatic heterocycles. The maximum Gasteiger partial charge on any atom is 0.276 e. The number of para-hydroxylation sites is 1. The van der Waals surface area contributed by atoms with Gasteiger partial charge in [-0.25, -0.2) is 9.97 Å². The molecule has 0 fully saturated rings. The van der Waals surface area contributed by atoms with E-state index in [1.54, 1.807) is 45.8 Å².